The first-order chi connectivity index (χ1) is 9.75. The van der Waals surface area contributed by atoms with Crippen LogP contribution in [0.15, 0.2) is 34.8 Å². The van der Waals surface area contributed by atoms with Crippen LogP contribution in [0, 0.1) is 17.3 Å². The molecule has 0 spiro atoms. The van der Waals surface area contributed by atoms with Crippen molar-refractivity contribution in [3.63, 3.8) is 0 Å². The number of benzene rings is 1. The molecule has 2 unspecified atom stereocenters. The average Bonchev–Trinajstić information content (AvgIpc) is 2.90. The van der Waals surface area contributed by atoms with E-state index < -0.39 is 5.97 Å². The summed E-state index contributed by atoms with van der Waals surface area (Å²) >= 11 is 11.3. The average molecular weight is 327 g/mol. The molecule has 0 aliphatic heterocycles. The van der Waals surface area contributed by atoms with Crippen molar-refractivity contribution in [3.05, 3.63) is 40.4 Å². The number of hydrogen-bond donors (Lipinski definition) is 1. The molecule has 1 aliphatic carbocycles. The maximum atomic E-state index is 12.3. The molecular weight excluding hydrogens is 313 g/mol. The van der Waals surface area contributed by atoms with Gasteiger partial charge in [-0.2, -0.15) is 0 Å². The first-order valence-electron chi connectivity index (χ1n) is 6.39. The minimum Gasteiger partial charge on any atom is -0.545 e. The number of rotatable bonds is 4. The molecule has 0 bridgehead atoms. The molecule has 112 valence electrons. The predicted octanol–water partition coefficient (Wildman–Crippen LogP) is 2.58. The van der Waals surface area contributed by atoms with Gasteiger partial charge in [0.05, 0.1) is 11.9 Å². The zero-order valence-electron chi connectivity index (χ0n) is 11.5. The van der Waals surface area contributed by atoms with Crippen LogP contribution in [0.2, 0.25) is 0 Å². The Morgan fingerprint density at radius 3 is 2.48 bits per heavy atom. The highest BCUT2D eigenvalue weighted by atomic mass is 35.5. The van der Waals surface area contributed by atoms with Crippen molar-refractivity contribution in [2.24, 2.45) is 17.3 Å². The molecule has 1 aromatic carbocycles. The number of amides is 1. The van der Waals surface area contributed by atoms with Gasteiger partial charge in [-0.3, -0.25) is 4.79 Å². The van der Waals surface area contributed by atoms with Crippen LogP contribution < -0.4 is 10.4 Å². The number of halogens is 2. The van der Waals surface area contributed by atoms with Gasteiger partial charge in [0.15, 0.2) is 0 Å². The fraction of sp³-hybridized carbons (Fsp3) is 0.333. The third kappa shape index (κ3) is 3.22. The Morgan fingerprint density at radius 2 is 1.90 bits per heavy atom. The second-order valence-corrected chi connectivity index (χ2v) is 6.61. The lowest BCUT2D eigenvalue weighted by Crippen LogP contribution is -2.25. The standard InChI is InChI=1S/C15H15Cl2NO3/c1-15(2)9(7-11(16)17)12(15)13(19)18-10-6-4-3-5-8(10)14(20)21/h3-7,9,12H,1-2H3,(H,18,19)(H,20,21)/p-1. The summed E-state index contributed by atoms with van der Waals surface area (Å²) in [4.78, 5) is 23.3. The SMILES string of the molecule is CC1(C)C(C=C(Cl)Cl)C1C(=O)Nc1ccccc1C(=O)[O-]. The van der Waals surface area contributed by atoms with E-state index in [2.05, 4.69) is 5.32 Å². The Kier molecular flexibility index (Phi) is 4.30. The maximum absolute atomic E-state index is 12.3. The molecule has 1 aliphatic rings. The van der Waals surface area contributed by atoms with Gasteiger partial charge in [0.2, 0.25) is 5.91 Å². The number of hydrogen-bond acceptors (Lipinski definition) is 3. The number of carboxylic acid groups (broad SMARTS) is 1. The van der Waals surface area contributed by atoms with Crippen LogP contribution >= 0.6 is 23.2 Å². The molecule has 2 atom stereocenters. The summed E-state index contributed by atoms with van der Waals surface area (Å²) in [7, 11) is 0. The van der Waals surface area contributed by atoms with Crippen LogP contribution in [0.5, 0.6) is 0 Å². The molecule has 1 fully saturated rings. The van der Waals surface area contributed by atoms with E-state index in [1.807, 2.05) is 13.8 Å². The van der Waals surface area contributed by atoms with Gasteiger partial charge in [0.25, 0.3) is 0 Å². The van der Waals surface area contributed by atoms with E-state index in [9.17, 15) is 14.7 Å². The Morgan fingerprint density at radius 1 is 1.29 bits per heavy atom. The predicted molar refractivity (Wildman–Crippen MR) is 80.0 cm³/mol. The molecule has 1 amide bonds. The highest BCUT2D eigenvalue weighted by Gasteiger charge is 2.60. The van der Waals surface area contributed by atoms with Crippen molar-refractivity contribution in [1.29, 1.82) is 0 Å². The van der Waals surface area contributed by atoms with Gasteiger partial charge >= 0.3 is 0 Å². The van der Waals surface area contributed by atoms with Crippen molar-refractivity contribution in [1.82, 2.24) is 0 Å². The van der Waals surface area contributed by atoms with Gasteiger partial charge in [-0.15, -0.1) is 0 Å². The minimum atomic E-state index is -1.33. The van der Waals surface area contributed by atoms with Crippen molar-refractivity contribution < 1.29 is 14.7 Å². The number of nitrogens with one attached hydrogen (secondary N) is 1. The monoisotopic (exact) mass is 326 g/mol. The molecule has 0 radical (unpaired) electrons. The fourth-order valence-electron chi connectivity index (χ4n) is 2.61. The number of carbonyl (C=O) groups excluding carboxylic acids is 2. The number of carbonyl (C=O) groups is 2. The van der Waals surface area contributed by atoms with Crippen molar-refractivity contribution in [2.45, 2.75) is 13.8 Å². The van der Waals surface area contributed by atoms with E-state index in [0.717, 1.165) is 0 Å². The van der Waals surface area contributed by atoms with Crippen LogP contribution in [-0.2, 0) is 4.79 Å². The van der Waals surface area contributed by atoms with E-state index in [1.54, 1.807) is 18.2 Å². The van der Waals surface area contributed by atoms with E-state index >= 15 is 0 Å². The molecule has 1 N–H and O–H groups in total. The molecule has 2 rings (SSSR count). The van der Waals surface area contributed by atoms with Gasteiger partial charge < -0.3 is 15.2 Å². The molecular formula is C15H14Cl2NO3-. The smallest absolute Gasteiger partial charge is 0.228 e. The Balaban J connectivity index is 2.17. The molecule has 1 aromatic rings. The highest BCUT2D eigenvalue weighted by molar-refractivity contribution is 6.55. The Bertz CT molecular complexity index is 621. The Labute approximate surface area is 132 Å². The second-order valence-electron chi connectivity index (χ2n) is 5.60. The van der Waals surface area contributed by atoms with Gasteiger partial charge in [0, 0.05) is 11.3 Å². The first kappa shape index (κ1) is 15.9. The molecule has 6 heteroatoms. The van der Waals surface area contributed by atoms with E-state index in [4.69, 9.17) is 23.2 Å². The van der Waals surface area contributed by atoms with Crippen LogP contribution in [0.4, 0.5) is 5.69 Å². The lowest BCUT2D eigenvalue weighted by atomic mass is 10.1. The maximum Gasteiger partial charge on any atom is 0.228 e. The van der Waals surface area contributed by atoms with E-state index in [0.29, 0.717) is 0 Å². The summed E-state index contributed by atoms with van der Waals surface area (Å²) in [6.45, 7) is 3.86. The molecule has 0 saturated heterocycles. The van der Waals surface area contributed by atoms with Crippen molar-refractivity contribution in [3.8, 4) is 0 Å². The number of carboxylic acids is 1. The van der Waals surface area contributed by atoms with E-state index in [1.165, 1.54) is 12.1 Å². The highest BCUT2D eigenvalue weighted by Crippen LogP contribution is 2.60. The second kappa shape index (κ2) is 5.70. The topological polar surface area (TPSA) is 69.2 Å². The van der Waals surface area contributed by atoms with Crippen LogP contribution in [0.1, 0.15) is 24.2 Å². The van der Waals surface area contributed by atoms with Crippen LogP contribution in [0.25, 0.3) is 0 Å². The lowest BCUT2D eigenvalue weighted by molar-refractivity contribution is -0.254. The molecule has 0 heterocycles. The summed E-state index contributed by atoms with van der Waals surface area (Å²) in [6, 6.07) is 6.13. The zero-order valence-corrected chi connectivity index (χ0v) is 13.0. The fourth-order valence-corrected chi connectivity index (χ4v) is 2.88. The van der Waals surface area contributed by atoms with Crippen LogP contribution in [-0.4, -0.2) is 11.9 Å². The van der Waals surface area contributed by atoms with Gasteiger partial charge in [0.1, 0.15) is 4.49 Å². The lowest BCUT2D eigenvalue weighted by Gasteiger charge is -2.12. The largest absolute Gasteiger partial charge is 0.545 e. The Hall–Kier alpha value is -1.52. The summed E-state index contributed by atoms with van der Waals surface area (Å²) in [5.74, 6) is -1.97. The van der Waals surface area contributed by atoms with Gasteiger partial charge in [-0.05, 0) is 23.5 Å². The van der Waals surface area contributed by atoms with Gasteiger partial charge in [-0.25, -0.2) is 0 Å². The third-order valence-corrected chi connectivity index (χ3v) is 4.16. The quantitative estimate of drug-likeness (QED) is 0.924. The summed E-state index contributed by atoms with van der Waals surface area (Å²) in [6.07, 6.45) is 1.64. The van der Waals surface area contributed by atoms with Crippen molar-refractivity contribution >= 4 is 40.8 Å². The molecule has 4 nitrogen and oxygen atoms in total. The summed E-state index contributed by atoms with van der Waals surface area (Å²) in [5.41, 5.74) is -0.0908. The number of para-hydroxylation sites is 1. The molecule has 0 aromatic heterocycles. The first-order valence-corrected chi connectivity index (χ1v) is 7.14. The van der Waals surface area contributed by atoms with Crippen molar-refractivity contribution in [2.75, 3.05) is 5.32 Å². The normalized spacial score (nSPS) is 22.3. The van der Waals surface area contributed by atoms with Gasteiger partial charge in [-0.1, -0.05) is 55.2 Å². The molecule has 1 saturated carbocycles. The summed E-state index contributed by atoms with van der Waals surface area (Å²) < 4.78 is 0.124. The number of aromatic carboxylic acids is 1. The zero-order chi connectivity index (χ0) is 15.8. The summed E-state index contributed by atoms with van der Waals surface area (Å²) in [5, 5.41) is 13.7. The molecule has 21 heavy (non-hydrogen) atoms. The minimum absolute atomic E-state index is 0.0493. The van der Waals surface area contributed by atoms with Crippen LogP contribution in [0.3, 0.4) is 0 Å². The number of allylic oxidation sites excluding steroid dienone is 1. The third-order valence-electron chi connectivity index (χ3n) is 3.90. The van der Waals surface area contributed by atoms with E-state index in [-0.39, 0.29) is 38.9 Å². The number of anilines is 1.